The summed E-state index contributed by atoms with van der Waals surface area (Å²) in [4.78, 5) is 21.4. The first-order chi connectivity index (χ1) is 12.2. The maximum absolute atomic E-state index is 10.0. The van der Waals surface area contributed by atoms with E-state index in [0.717, 1.165) is 23.9 Å². The second-order valence-electron chi connectivity index (χ2n) is 6.12. The van der Waals surface area contributed by atoms with E-state index in [9.17, 15) is 14.7 Å². The minimum atomic E-state index is -1.26. The van der Waals surface area contributed by atoms with Gasteiger partial charge in [-0.05, 0) is 44.2 Å². The molecule has 0 fully saturated rings. The minimum absolute atomic E-state index is 0.408. The number of carboxylic acid groups (broad SMARTS) is 2. The number of rotatable bonds is 6. The molecule has 0 amide bonds. The van der Waals surface area contributed by atoms with Gasteiger partial charge >= 0.3 is 11.9 Å². The molecule has 0 unspecified atom stereocenters. The summed E-state index contributed by atoms with van der Waals surface area (Å²) in [7, 11) is 2.12. The average molecular weight is 359 g/mol. The first-order valence-electron chi connectivity index (χ1n) is 8.26. The molecule has 0 saturated heterocycles. The van der Waals surface area contributed by atoms with E-state index >= 15 is 0 Å². The van der Waals surface area contributed by atoms with Gasteiger partial charge in [-0.25, -0.2) is 9.59 Å². The van der Waals surface area contributed by atoms with Crippen LogP contribution in [0.3, 0.4) is 0 Å². The van der Waals surface area contributed by atoms with Crippen LogP contribution in [0.1, 0.15) is 19.4 Å². The second-order valence-corrected chi connectivity index (χ2v) is 6.12. The molecule has 26 heavy (non-hydrogen) atoms. The molecule has 0 aliphatic carbocycles. The van der Waals surface area contributed by atoms with Gasteiger partial charge in [0.2, 0.25) is 0 Å². The summed E-state index contributed by atoms with van der Waals surface area (Å²) in [5.41, 5.74) is 1.06. The summed E-state index contributed by atoms with van der Waals surface area (Å²) in [5.74, 6) is -2.11. The number of carboxylic acids is 2. The van der Waals surface area contributed by atoms with Crippen molar-refractivity contribution in [2.24, 2.45) is 0 Å². The molecule has 0 aliphatic heterocycles. The lowest BCUT2D eigenvalue weighted by Crippen LogP contribution is -2.28. The third-order valence-electron chi connectivity index (χ3n) is 3.98. The van der Waals surface area contributed by atoms with Crippen molar-refractivity contribution in [2.75, 3.05) is 13.6 Å². The Morgan fingerprint density at radius 1 is 1.04 bits per heavy atom. The number of hydrogen-bond donors (Lipinski definition) is 3. The highest BCUT2D eigenvalue weighted by Gasteiger charge is 2.09. The number of aromatic hydroxyl groups is 1. The summed E-state index contributed by atoms with van der Waals surface area (Å²) in [6.45, 7) is 5.32. The molecule has 0 spiro atoms. The maximum Gasteiger partial charge on any atom is 0.328 e. The van der Waals surface area contributed by atoms with Crippen molar-refractivity contribution in [3.63, 3.8) is 0 Å². The van der Waals surface area contributed by atoms with Gasteiger partial charge in [-0.15, -0.1) is 0 Å². The standard InChI is InChI=1S/C16H21NO.C4H4O4/c1-12(2)17(3)11-10-15-14-7-5-4-6-13(14)8-9-16(15)18;5-3(6)1-2-4(7)8/h4-9,12,18H,10-11H2,1-3H3;1-2H,(H,5,6)(H,7,8)/b;2-1+. The van der Waals surface area contributed by atoms with Crippen molar-refractivity contribution in [1.82, 2.24) is 4.90 Å². The molecule has 0 aliphatic rings. The highest BCUT2D eigenvalue weighted by molar-refractivity contribution is 5.89. The van der Waals surface area contributed by atoms with Gasteiger partial charge in [0.1, 0.15) is 5.75 Å². The largest absolute Gasteiger partial charge is 0.508 e. The Hall–Kier alpha value is -2.86. The van der Waals surface area contributed by atoms with Gasteiger partial charge in [-0.3, -0.25) is 0 Å². The van der Waals surface area contributed by atoms with Gasteiger partial charge in [-0.2, -0.15) is 0 Å². The minimum Gasteiger partial charge on any atom is -0.508 e. The van der Waals surface area contributed by atoms with Crippen LogP contribution >= 0.6 is 0 Å². The molecule has 2 aromatic carbocycles. The third kappa shape index (κ3) is 6.94. The molecule has 0 saturated carbocycles. The number of benzene rings is 2. The predicted octanol–water partition coefficient (Wildman–Crippen LogP) is 3.14. The van der Waals surface area contributed by atoms with Crippen molar-refractivity contribution in [3.8, 4) is 5.75 Å². The molecule has 0 bridgehead atoms. The molecule has 6 heteroatoms. The molecule has 0 radical (unpaired) electrons. The molecule has 0 atom stereocenters. The fourth-order valence-corrected chi connectivity index (χ4v) is 2.28. The van der Waals surface area contributed by atoms with Gasteiger partial charge in [0.15, 0.2) is 0 Å². The van der Waals surface area contributed by atoms with E-state index in [2.05, 4.69) is 37.9 Å². The van der Waals surface area contributed by atoms with Gasteiger partial charge in [0.25, 0.3) is 0 Å². The second kappa shape index (κ2) is 10.2. The van der Waals surface area contributed by atoms with Crippen LogP contribution < -0.4 is 0 Å². The molecule has 2 rings (SSSR count). The quantitative estimate of drug-likeness (QED) is 0.686. The number of likely N-dealkylation sites (N-methyl/N-ethyl adjacent to an activating group) is 1. The lowest BCUT2D eigenvalue weighted by molar-refractivity contribution is -0.134. The van der Waals surface area contributed by atoms with Crippen molar-refractivity contribution >= 4 is 22.7 Å². The molecular weight excluding hydrogens is 334 g/mol. The first-order valence-corrected chi connectivity index (χ1v) is 8.26. The fourth-order valence-electron chi connectivity index (χ4n) is 2.28. The van der Waals surface area contributed by atoms with E-state index in [-0.39, 0.29) is 0 Å². The van der Waals surface area contributed by atoms with Crippen LogP contribution in [0.2, 0.25) is 0 Å². The number of hydrogen-bond acceptors (Lipinski definition) is 4. The molecule has 3 N–H and O–H groups in total. The Morgan fingerprint density at radius 3 is 2.15 bits per heavy atom. The zero-order valence-electron chi connectivity index (χ0n) is 15.2. The van der Waals surface area contributed by atoms with Crippen molar-refractivity contribution < 1.29 is 24.9 Å². The van der Waals surface area contributed by atoms with Crippen LogP contribution in [0, 0.1) is 0 Å². The van der Waals surface area contributed by atoms with E-state index in [1.807, 2.05) is 18.2 Å². The van der Waals surface area contributed by atoms with Crippen LogP contribution in [0.5, 0.6) is 5.75 Å². The lowest BCUT2D eigenvalue weighted by atomic mass is 10.0. The zero-order valence-corrected chi connectivity index (χ0v) is 15.2. The summed E-state index contributed by atoms with van der Waals surface area (Å²) in [6.07, 6.45) is 1.99. The number of phenolic OH excluding ortho intramolecular Hbond substituents is 1. The van der Waals surface area contributed by atoms with Crippen LogP contribution in [0.15, 0.2) is 48.6 Å². The molecule has 0 heterocycles. The topological polar surface area (TPSA) is 98.1 Å². The highest BCUT2D eigenvalue weighted by Crippen LogP contribution is 2.27. The average Bonchev–Trinajstić information content (AvgIpc) is 2.59. The van der Waals surface area contributed by atoms with Crippen LogP contribution in [0.25, 0.3) is 10.8 Å². The smallest absolute Gasteiger partial charge is 0.328 e. The molecule has 6 nitrogen and oxygen atoms in total. The van der Waals surface area contributed by atoms with Crippen LogP contribution in [-0.2, 0) is 16.0 Å². The van der Waals surface area contributed by atoms with Gasteiger partial charge in [0.05, 0.1) is 0 Å². The maximum atomic E-state index is 10.0. The van der Waals surface area contributed by atoms with Crippen molar-refractivity contribution in [2.45, 2.75) is 26.3 Å². The molecular formula is C20H25NO5. The number of phenols is 1. The third-order valence-corrected chi connectivity index (χ3v) is 3.98. The zero-order chi connectivity index (χ0) is 19.7. The summed E-state index contributed by atoms with van der Waals surface area (Å²) in [6, 6.07) is 12.5. The summed E-state index contributed by atoms with van der Waals surface area (Å²) >= 11 is 0. The van der Waals surface area contributed by atoms with Crippen LogP contribution in [-0.4, -0.2) is 51.8 Å². The number of fused-ring (bicyclic) bond motifs is 1. The Labute approximate surface area is 153 Å². The fraction of sp³-hybridized carbons (Fsp3) is 0.300. The van der Waals surface area contributed by atoms with Gasteiger partial charge in [-0.1, -0.05) is 30.3 Å². The van der Waals surface area contributed by atoms with E-state index in [1.165, 1.54) is 5.39 Å². The normalized spacial score (nSPS) is 11.0. The Bertz CT molecular complexity index is 767. The van der Waals surface area contributed by atoms with E-state index in [0.29, 0.717) is 23.9 Å². The van der Waals surface area contributed by atoms with E-state index in [4.69, 9.17) is 10.2 Å². The lowest BCUT2D eigenvalue weighted by Gasteiger charge is -2.21. The number of aliphatic carboxylic acids is 2. The number of nitrogens with zero attached hydrogens (tertiary/aromatic N) is 1. The number of carbonyl (C=O) groups is 2. The molecule has 140 valence electrons. The summed E-state index contributed by atoms with van der Waals surface area (Å²) in [5, 5.41) is 28.0. The van der Waals surface area contributed by atoms with E-state index in [1.54, 1.807) is 6.07 Å². The Morgan fingerprint density at radius 2 is 1.62 bits per heavy atom. The molecule has 2 aromatic rings. The van der Waals surface area contributed by atoms with E-state index < -0.39 is 11.9 Å². The monoisotopic (exact) mass is 359 g/mol. The van der Waals surface area contributed by atoms with Crippen molar-refractivity contribution in [1.29, 1.82) is 0 Å². The molecule has 0 aromatic heterocycles. The Kier molecular flexibility index (Phi) is 8.31. The summed E-state index contributed by atoms with van der Waals surface area (Å²) < 4.78 is 0. The van der Waals surface area contributed by atoms with Crippen molar-refractivity contribution in [3.05, 3.63) is 54.1 Å². The predicted molar refractivity (Wildman–Crippen MR) is 101 cm³/mol. The SMILES string of the molecule is CC(C)N(C)CCc1c(O)ccc2ccccc12.O=C(O)/C=C/C(=O)O. The van der Waals surface area contributed by atoms with Gasteiger partial charge in [0, 0.05) is 30.3 Å². The van der Waals surface area contributed by atoms with Crippen LogP contribution in [0.4, 0.5) is 0 Å². The Balaban J connectivity index is 0.000000359. The first kappa shape index (κ1) is 21.2. The highest BCUT2D eigenvalue weighted by atomic mass is 16.4. The van der Waals surface area contributed by atoms with Gasteiger partial charge < -0.3 is 20.2 Å².